The SMILES string of the molecule is C#Cc1ccc(-c2nnc(N[C@@H]3CCCN(C)C3)c(=O)n2C)c(O)c1. The maximum atomic E-state index is 12.6. The molecule has 0 aliphatic carbocycles. The zero-order valence-corrected chi connectivity index (χ0v) is 14.4. The third-order valence-electron chi connectivity index (χ3n) is 4.44. The molecule has 2 N–H and O–H groups in total. The Kier molecular flexibility index (Phi) is 4.72. The van der Waals surface area contributed by atoms with E-state index in [1.54, 1.807) is 19.2 Å². The lowest BCUT2D eigenvalue weighted by Crippen LogP contribution is -2.41. The number of phenols is 1. The van der Waals surface area contributed by atoms with Gasteiger partial charge in [-0.05, 0) is 44.6 Å². The molecule has 1 fully saturated rings. The van der Waals surface area contributed by atoms with Crippen LogP contribution in [0.15, 0.2) is 23.0 Å². The number of nitrogens with zero attached hydrogens (tertiary/aromatic N) is 4. The molecule has 0 radical (unpaired) electrons. The molecule has 1 saturated heterocycles. The van der Waals surface area contributed by atoms with Crippen molar-refractivity contribution in [3.8, 4) is 29.5 Å². The summed E-state index contributed by atoms with van der Waals surface area (Å²) in [6.45, 7) is 1.93. The molecule has 0 bridgehead atoms. The Morgan fingerprint density at radius 2 is 2.16 bits per heavy atom. The van der Waals surface area contributed by atoms with Gasteiger partial charge in [-0.1, -0.05) is 5.92 Å². The molecule has 0 saturated carbocycles. The Labute approximate surface area is 146 Å². The maximum absolute atomic E-state index is 12.6. The second kappa shape index (κ2) is 6.95. The molecule has 2 heterocycles. The predicted molar refractivity (Wildman–Crippen MR) is 96.5 cm³/mol. The molecular weight excluding hydrogens is 318 g/mol. The minimum Gasteiger partial charge on any atom is -0.507 e. The van der Waals surface area contributed by atoms with Crippen LogP contribution in [0.4, 0.5) is 5.82 Å². The molecule has 7 nitrogen and oxygen atoms in total. The van der Waals surface area contributed by atoms with Crippen LogP contribution in [0.1, 0.15) is 18.4 Å². The number of terminal acetylenes is 1. The molecule has 1 aromatic heterocycles. The van der Waals surface area contributed by atoms with Crippen molar-refractivity contribution in [2.45, 2.75) is 18.9 Å². The van der Waals surface area contributed by atoms with E-state index in [1.165, 1.54) is 10.6 Å². The van der Waals surface area contributed by atoms with E-state index in [9.17, 15) is 9.90 Å². The Morgan fingerprint density at radius 1 is 1.36 bits per heavy atom. The molecule has 25 heavy (non-hydrogen) atoms. The number of rotatable bonds is 3. The summed E-state index contributed by atoms with van der Waals surface area (Å²) in [4.78, 5) is 14.8. The number of likely N-dealkylation sites (tertiary alicyclic amines) is 1. The molecule has 130 valence electrons. The first-order valence-electron chi connectivity index (χ1n) is 8.18. The fourth-order valence-electron chi connectivity index (χ4n) is 3.08. The second-order valence-electron chi connectivity index (χ2n) is 6.36. The van der Waals surface area contributed by atoms with E-state index in [4.69, 9.17) is 6.42 Å². The quantitative estimate of drug-likeness (QED) is 0.813. The standard InChI is InChI=1S/C18H21N5O2/c1-4-12-7-8-14(15(24)10-12)17-21-20-16(18(25)23(17)3)19-13-6-5-9-22(2)11-13/h1,7-8,10,13,24H,5-6,9,11H2,2-3H3,(H,19,20)/t13-/m1/s1. The highest BCUT2D eigenvalue weighted by molar-refractivity contribution is 5.65. The third-order valence-corrected chi connectivity index (χ3v) is 4.44. The molecule has 1 aliphatic heterocycles. The van der Waals surface area contributed by atoms with Crippen molar-refractivity contribution in [3.05, 3.63) is 34.1 Å². The van der Waals surface area contributed by atoms with Crippen molar-refractivity contribution in [3.63, 3.8) is 0 Å². The molecule has 2 aromatic rings. The number of piperidine rings is 1. The predicted octanol–water partition coefficient (Wildman–Crippen LogP) is 1.04. The number of aromatic hydroxyl groups is 1. The molecule has 0 spiro atoms. The zero-order chi connectivity index (χ0) is 18.0. The molecule has 1 aromatic carbocycles. The maximum Gasteiger partial charge on any atom is 0.296 e. The lowest BCUT2D eigenvalue weighted by atomic mass is 10.1. The van der Waals surface area contributed by atoms with Gasteiger partial charge in [0.2, 0.25) is 5.82 Å². The summed E-state index contributed by atoms with van der Waals surface area (Å²) in [6, 6.07) is 4.96. The fraction of sp³-hybridized carbons (Fsp3) is 0.389. The summed E-state index contributed by atoms with van der Waals surface area (Å²) in [7, 11) is 3.67. The van der Waals surface area contributed by atoms with Gasteiger partial charge in [0.1, 0.15) is 5.75 Å². The molecule has 1 atom stereocenters. The normalized spacial score (nSPS) is 17.9. The van der Waals surface area contributed by atoms with Crippen molar-refractivity contribution in [1.82, 2.24) is 19.7 Å². The van der Waals surface area contributed by atoms with E-state index in [-0.39, 0.29) is 29.0 Å². The number of aromatic nitrogens is 3. The molecule has 0 amide bonds. The average molecular weight is 339 g/mol. The summed E-state index contributed by atoms with van der Waals surface area (Å²) < 4.78 is 1.38. The van der Waals surface area contributed by atoms with Crippen LogP contribution in [0.3, 0.4) is 0 Å². The molecule has 1 aliphatic rings. The third kappa shape index (κ3) is 3.49. The Balaban J connectivity index is 1.91. The van der Waals surface area contributed by atoms with Gasteiger partial charge >= 0.3 is 0 Å². The van der Waals surface area contributed by atoms with E-state index in [0.717, 1.165) is 25.9 Å². The van der Waals surface area contributed by atoms with Crippen LogP contribution in [0.5, 0.6) is 5.75 Å². The van der Waals surface area contributed by atoms with E-state index in [1.807, 2.05) is 0 Å². The van der Waals surface area contributed by atoms with Crippen LogP contribution in [0, 0.1) is 12.3 Å². The first-order valence-corrected chi connectivity index (χ1v) is 8.18. The van der Waals surface area contributed by atoms with Gasteiger partial charge in [0, 0.05) is 25.2 Å². The minimum atomic E-state index is -0.279. The number of anilines is 1. The van der Waals surface area contributed by atoms with Gasteiger partial charge in [-0.3, -0.25) is 9.36 Å². The van der Waals surface area contributed by atoms with E-state index in [2.05, 4.69) is 33.4 Å². The van der Waals surface area contributed by atoms with Gasteiger partial charge in [-0.15, -0.1) is 16.6 Å². The van der Waals surface area contributed by atoms with Gasteiger partial charge in [0.05, 0.1) is 5.56 Å². The first kappa shape index (κ1) is 17.0. The Hall–Kier alpha value is -2.85. The molecule has 0 unspecified atom stereocenters. The lowest BCUT2D eigenvalue weighted by molar-refractivity contribution is 0.260. The number of nitrogens with one attached hydrogen (secondary N) is 1. The summed E-state index contributed by atoms with van der Waals surface area (Å²) in [5.74, 6) is 2.94. The summed E-state index contributed by atoms with van der Waals surface area (Å²) in [5.41, 5.74) is 0.688. The van der Waals surface area contributed by atoms with Crippen molar-refractivity contribution >= 4 is 5.82 Å². The average Bonchev–Trinajstić information content (AvgIpc) is 2.60. The van der Waals surface area contributed by atoms with Crippen LogP contribution in [-0.2, 0) is 7.05 Å². The summed E-state index contributed by atoms with van der Waals surface area (Å²) >= 11 is 0. The summed E-state index contributed by atoms with van der Waals surface area (Å²) in [5, 5.41) is 21.5. The monoisotopic (exact) mass is 339 g/mol. The van der Waals surface area contributed by atoms with Gasteiger partial charge in [0.25, 0.3) is 5.56 Å². The highest BCUT2D eigenvalue weighted by Crippen LogP contribution is 2.27. The first-order chi connectivity index (χ1) is 12.0. The highest BCUT2D eigenvalue weighted by Gasteiger charge is 2.20. The number of likely N-dealkylation sites (N-methyl/N-ethyl adjacent to an activating group) is 1. The van der Waals surface area contributed by atoms with E-state index >= 15 is 0 Å². The smallest absolute Gasteiger partial charge is 0.296 e. The van der Waals surface area contributed by atoms with Crippen molar-refractivity contribution < 1.29 is 5.11 Å². The molecule has 7 heteroatoms. The Morgan fingerprint density at radius 3 is 2.84 bits per heavy atom. The zero-order valence-electron chi connectivity index (χ0n) is 14.4. The molecular formula is C18H21N5O2. The van der Waals surface area contributed by atoms with Crippen LogP contribution in [-0.4, -0.2) is 50.9 Å². The number of phenolic OH excluding ortho intramolecular Hbond substituents is 1. The Bertz CT molecular complexity index is 884. The van der Waals surface area contributed by atoms with Crippen LogP contribution < -0.4 is 10.9 Å². The second-order valence-corrected chi connectivity index (χ2v) is 6.36. The minimum absolute atomic E-state index is 0.0330. The van der Waals surface area contributed by atoms with Gasteiger partial charge in [-0.2, -0.15) is 0 Å². The fourth-order valence-corrected chi connectivity index (χ4v) is 3.08. The van der Waals surface area contributed by atoms with Crippen molar-refractivity contribution in [2.75, 3.05) is 25.5 Å². The number of hydrogen-bond acceptors (Lipinski definition) is 6. The van der Waals surface area contributed by atoms with E-state index in [0.29, 0.717) is 11.1 Å². The van der Waals surface area contributed by atoms with Crippen LogP contribution in [0.2, 0.25) is 0 Å². The lowest BCUT2D eigenvalue weighted by Gasteiger charge is -2.30. The topological polar surface area (TPSA) is 83.3 Å². The number of benzene rings is 1. The van der Waals surface area contributed by atoms with Gasteiger partial charge in [0.15, 0.2) is 5.82 Å². The highest BCUT2D eigenvalue weighted by atomic mass is 16.3. The van der Waals surface area contributed by atoms with Gasteiger partial charge < -0.3 is 15.3 Å². The van der Waals surface area contributed by atoms with E-state index < -0.39 is 0 Å². The van der Waals surface area contributed by atoms with Gasteiger partial charge in [-0.25, -0.2) is 0 Å². The largest absolute Gasteiger partial charge is 0.507 e. The van der Waals surface area contributed by atoms with Crippen molar-refractivity contribution in [1.29, 1.82) is 0 Å². The van der Waals surface area contributed by atoms with Crippen molar-refractivity contribution in [2.24, 2.45) is 7.05 Å². The molecule has 3 rings (SSSR count). The van der Waals surface area contributed by atoms with Crippen LogP contribution >= 0.6 is 0 Å². The number of hydrogen-bond donors (Lipinski definition) is 2. The summed E-state index contributed by atoms with van der Waals surface area (Å²) in [6.07, 6.45) is 7.39. The van der Waals surface area contributed by atoms with Crippen LogP contribution in [0.25, 0.3) is 11.4 Å².